The van der Waals surface area contributed by atoms with Gasteiger partial charge >= 0.3 is 0 Å². The number of ether oxygens (including phenoxy) is 2. The molecule has 14 heteroatoms. The molecule has 0 unspecified atom stereocenters. The number of anilines is 2. The van der Waals surface area contributed by atoms with Crippen LogP contribution in [0.2, 0.25) is 5.02 Å². The summed E-state index contributed by atoms with van der Waals surface area (Å²) in [6.07, 6.45) is 5.07. The molecule has 0 aliphatic heterocycles. The summed E-state index contributed by atoms with van der Waals surface area (Å²) in [7, 11) is -2.12. The first-order valence-corrected chi connectivity index (χ1v) is 13.0. The van der Waals surface area contributed by atoms with Gasteiger partial charge in [-0.05, 0) is 35.9 Å². The van der Waals surface area contributed by atoms with Crippen LogP contribution in [-0.4, -0.2) is 42.5 Å². The second kappa shape index (κ2) is 11.0. The van der Waals surface area contributed by atoms with E-state index in [1.807, 2.05) is 0 Å². The minimum atomic E-state index is -3.55. The number of pyridine rings is 1. The van der Waals surface area contributed by atoms with Crippen molar-refractivity contribution in [2.24, 2.45) is 0 Å². The summed E-state index contributed by atoms with van der Waals surface area (Å²) in [6, 6.07) is 8.79. The zero-order valence-electron chi connectivity index (χ0n) is 19.9. The molecule has 1 amide bonds. The third kappa shape index (κ3) is 6.95. The van der Waals surface area contributed by atoms with Crippen LogP contribution in [0.25, 0.3) is 5.82 Å². The van der Waals surface area contributed by atoms with Crippen molar-refractivity contribution < 1.29 is 31.5 Å². The Labute approximate surface area is 221 Å². The highest BCUT2D eigenvalue weighted by Crippen LogP contribution is 2.27. The molecule has 2 aromatic carbocycles. The molecular weight excluding hydrogens is 544 g/mol. The van der Waals surface area contributed by atoms with Crippen molar-refractivity contribution in [2.45, 2.75) is 6.61 Å². The Morgan fingerprint density at radius 1 is 1.05 bits per heavy atom. The highest BCUT2D eigenvalue weighted by atomic mass is 35.5. The van der Waals surface area contributed by atoms with Gasteiger partial charge in [-0.3, -0.25) is 9.52 Å². The molecular formula is C24H20ClF2N5O5S. The molecule has 2 aromatic heterocycles. The number of sulfonamides is 1. The molecule has 0 bridgehead atoms. The molecule has 0 spiro atoms. The van der Waals surface area contributed by atoms with Gasteiger partial charge in [0.15, 0.2) is 11.6 Å². The quantitative estimate of drug-likeness (QED) is 0.309. The number of methoxy groups -OCH3 is 1. The molecule has 198 valence electrons. The minimum Gasteiger partial charge on any atom is -0.495 e. The van der Waals surface area contributed by atoms with Gasteiger partial charge in [0.1, 0.15) is 24.0 Å². The summed E-state index contributed by atoms with van der Waals surface area (Å²) >= 11 is 6.05. The van der Waals surface area contributed by atoms with Crippen molar-refractivity contribution in [3.63, 3.8) is 0 Å². The summed E-state index contributed by atoms with van der Waals surface area (Å²) < 4.78 is 64.7. The van der Waals surface area contributed by atoms with E-state index >= 15 is 0 Å². The Morgan fingerprint density at radius 3 is 2.45 bits per heavy atom. The summed E-state index contributed by atoms with van der Waals surface area (Å²) in [5.74, 6) is -1.32. The maximum atomic E-state index is 13.6. The number of amides is 1. The monoisotopic (exact) mass is 563 g/mol. The number of carbonyl (C=O) groups excluding carboxylic acids is 1. The lowest BCUT2D eigenvalue weighted by molar-refractivity contribution is 0.102. The Morgan fingerprint density at radius 2 is 1.76 bits per heavy atom. The molecule has 4 aromatic rings. The number of hydrogen-bond acceptors (Lipinski definition) is 7. The molecule has 0 atom stereocenters. The number of hydrogen-bond donors (Lipinski definition) is 2. The normalized spacial score (nSPS) is 11.2. The van der Waals surface area contributed by atoms with Gasteiger partial charge in [-0.2, -0.15) is 5.10 Å². The Balaban J connectivity index is 1.56. The van der Waals surface area contributed by atoms with Crippen molar-refractivity contribution in [1.29, 1.82) is 0 Å². The SMILES string of the molecule is COc1cnc(-n2cc(C(=O)Nc3cc(Cl)cc(NS(C)(=O)=O)c3)cn2)c(OCc2cc(F)cc(F)c2)c1. The fraction of sp³-hybridized carbons (Fsp3) is 0.125. The van der Waals surface area contributed by atoms with Crippen molar-refractivity contribution in [2.75, 3.05) is 23.4 Å². The highest BCUT2D eigenvalue weighted by molar-refractivity contribution is 7.92. The van der Waals surface area contributed by atoms with Crippen LogP contribution in [-0.2, 0) is 16.6 Å². The van der Waals surface area contributed by atoms with E-state index in [9.17, 15) is 22.0 Å². The molecule has 2 N–H and O–H groups in total. The zero-order chi connectivity index (χ0) is 27.4. The summed E-state index contributed by atoms with van der Waals surface area (Å²) in [4.78, 5) is 17.1. The van der Waals surface area contributed by atoms with Gasteiger partial charge in [0, 0.05) is 29.0 Å². The lowest BCUT2D eigenvalue weighted by atomic mass is 10.2. The molecule has 0 saturated carbocycles. The fourth-order valence-electron chi connectivity index (χ4n) is 3.36. The first-order chi connectivity index (χ1) is 18.0. The number of rotatable bonds is 9. The van der Waals surface area contributed by atoms with Gasteiger partial charge in [-0.1, -0.05) is 11.6 Å². The second-order valence-electron chi connectivity index (χ2n) is 7.99. The maximum Gasteiger partial charge on any atom is 0.258 e. The second-order valence-corrected chi connectivity index (χ2v) is 10.2. The molecule has 0 saturated heterocycles. The Bertz CT molecular complexity index is 1590. The third-order valence-electron chi connectivity index (χ3n) is 4.88. The molecule has 38 heavy (non-hydrogen) atoms. The number of nitrogens with zero attached hydrogens (tertiary/aromatic N) is 3. The van der Waals surface area contributed by atoms with Crippen LogP contribution in [0.4, 0.5) is 20.2 Å². The summed E-state index contributed by atoms with van der Waals surface area (Å²) in [5, 5.41) is 6.99. The van der Waals surface area contributed by atoms with Crippen molar-refractivity contribution in [1.82, 2.24) is 14.8 Å². The van der Waals surface area contributed by atoms with Gasteiger partial charge in [0.2, 0.25) is 10.0 Å². The van der Waals surface area contributed by atoms with Gasteiger partial charge in [-0.15, -0.1) is 0 Å². The maximum absolute atomic E-state index is 13.6. The van der Waals surface area contributed by atoms with E-state index in [0.717, 1.165) is 24.5 Å². The predicted molar refractivity (Wildman–Crippen MR) is 136 cm³/mol. The van der Waals surface area contributed by atoms with Crippen LogP contribution in [0, 0.1) is 11.6 Å². The first-order valence-electron chi connectivity index (χ1n) is 10.8. The highest BCUT2D eigenvalue weighted by Gasteiger charge is 2.16. The lowest BCUT2D eigenvalue weighted by Crippen LogP contribution is -2.13. The van der Waals surface area contributed by atoms with Gasteiger partial charge in [0.25, 0.3) is 5.91 Å². The van der Waals surface area contributed by atoms with Crippen LogP contribution >= 0.6 is 11.6 Å². The zero-order valence-corrected chi connectivity index (χ0v) is 21.5. The van der Waals surface area contributed by atoms with Crippen molar-refractivity contribution >= 4 is 38.9 Å². The van der Waals surface area contributed by atoms with E-state index in [2.05, 4.69) is 20.1 Å². The first kappa shape index (κ1) is 26.8. The van der Waals surface area contributed by atoms with Crippen LogP contribution in [0.5, 0.6) is 11.5 Å². The predicted octanol–water partition coefficient (Wildman–Crippen LogP) is 4.41. The molecule has 0 aliphatic carbocycles. The van der Waals surface area contributed by atoms with Crippen LogP contribution in [0.3, 0.4) is 0 Å². The standard InChI is InChI=1S/C24H20ClF2N5O5S/c1-36-21-9-22(37-13-14-3-17(26)7-18(27)4-14)23(28-11-21)32-12-15(10-29-32)24(33)30-19-5-16(25)6-20(8-19)31-38(2,34)35/h3-12,31H,13H2,1-2H3,(H,30,33). The van der Waals surface area contributed by atoms with Gasteiger partial charge in [0.05, 0.1) is 37.0 Å². The number of nitrogens with one attached hydrogen (secondary N) is 2. The summed E-state index contributed by atoms with van der Waals surface area (Å²) in [5.41, 5.74) is 0.810. The molecule has 0 aliphatic rings. The van der Waals surface area contributed by atoms with E-state index in [0.29, 0.717) is 5.75 Å². The molecule has 0 radical (unpaired) electrons. The molecule has 10 nitrogen and oxygen atoms in total. The van der Waals surface area contributed by atoms with Gasteiger partial charge in [-0.25, -0.2) is 26.9 Å². The summed E-state index contributed by atoms with van der Waals surface area (Å²) in [6.45, 7) is -0.177. The number of carbonyl (C=O) groups is 1. The Kier molecular flexibility index (Phi) is 7.78. The van der Waals surface area contributed by atoms with E-state index < -0.39 is 27.6 Å². The number of halogens is 3. The van der Waals surface area contributed by atoms with E-state index in [1.165, 1.54) is 54.6 Å². The van der Waals surface area contributed by atoms with Crippen molar-refractivity contribution in [3.8, 4) is 17.3 Å². The van der Waals surface area contributed by atoms with E-state index in [4.69, 9.17) is 21.1 Å². The average molecular weight is 564 g/mol. The van der Waals surface area contributed by atoms with Crippen LogP contribution in [0.15, 0.2) is 61.1 Å². The van der Waals surface area contributed by atoms with E-state index in [1.54, 1.807) is 0 Å². The van der Waals surface area contributed by atoms with Crippen LogP contribution in [0.1, 0.15) is 15.9 Å². The third-order valence-corrected chi connectivity index (χ3v) is 5.71. The number of benzene rings is 2. The lowest BCUT2D eigenvalue weighted by Gasteiger charge is -2.12. The van der Waals surface area contributed by atoms with Gasteiger partial charge < -0.3 is 14.8 Å². The molecule has 4 rings (SSSR count). The molecule has 2 heterocycles. The average Bonchev–Trinajstić information content (AvgIpc) is 3.31. The van der Waals surface area contributed by atoms with Crippen molar-refractivity contribution in [3.05, 3.63) is 88.8 Å². The number of aromatic nitrogens is 3. The van der Waals surface area contributed by atoms with E-state index in [-0.39, 0.29) is 45.7 Å². The minimum absolute atomic E-state index is 0.137. The smallest absolute Gasteiger partial charge is 0.258 e. The fourth-order valence-corrected chi connectivity index (χ4v) is 4.14. The Hall–Kier alpha value is -4.23. The largest absolute Gasteiger partial charge is 0.495 e. The van der Waals surface area contributed by atoms with Crippen LogP contribution < -0.4 is 19.5 Å². The molecule has 0 fully saturated rings. The topological polar surface area (TPSA) is 124 Å².